The average molecular weight is 502 g/mol. The summed E-state index contributed by atoms with van der Waals surface area (Å²) >= 11 is 0. The molecule has 0 saturated heterocycles. The Morgan fingerprint density at radius 2 is 1.80 bits per heavy atom. The lowest BCUT2D eigenvalue weighted by molar-refractivity contribution is 0.0862. The minimum atomic E-state index is -4.17. The minimum absolute atomic E-state index is 0.0798. The number of nitrogens with zero attached hydrogens (tertiary/aromatic N) is 4. The zero-order chi connectivity index (χ0) is 24.7. The highest BCUT2D eigenvalue weighted by atomic mass is 32.2. The first-order chi connectivity index (χ1) is 16.8. The van der Waals surface area contributed by atoms with Crippen molar-refractivity contribution in [3.63, 3.8) is 0 Å². The summed E-state index contributed by atoms with van der Waals surface area (Å²) < 4.78 is 72.4. The lowest BCUT2D eigenvalue weighted by Gasteiger charge is -2.30. The predicted octanol–water partition coefficient (Wildman–Crippen LogP) is 4.19. The highest BCUT2D eigenvalue weighted by Crippen LogP contribution is 2.43. The number of halogens is 3. The smallest absolute Gasteiger partial charge is 0.314 e. The molecule has 2 aromatic heterocycles. The van der Waals surface area contributed by atoms with Crippen LogP contribution >= 0.6 is 0 Å². The highest BCUT2D eigenvalue weighted by Gasteiger charge is 2.44. The van der Waals surface area contributed by atoms with Gasteiger partial charge >= 0.3 is 6.43 Å². The Labute approximate surface area is 197 Å². The second-order valence-corrected chi connectivity index (χ2v) is 9.67. The first-order valence-electron chi connectivity index (χ1n) is 10.4. The SMILES string of the molecule is O=S1(=O)c2cc(-c3nnc(C(F)F)o3)ccc2CN1C(c1ccccn1)C(O)c1ccc(F)cc1. The summed E-state index contributed by atoms with van der Waals surface area (Å²) in [6, 6.07) is 13.2. The number of aromatic nitrogens is 3. The van der Waals surface area contributed by atoms with Crippen LogP contribution in [0.15, 0.2) is 76.2 Å². The second-order valence-electron chi connectivity index (χ2n) is 7.81. The molecule has 12 heteroatoms. The van der Waals surface area contributed by atoms with E-state index in [9.17, 15) is 26.7 Å². The molecule has 1 N–H and O–H groups in total. The number of aliphatic hydroxyl groups is 1. The normalized spacial score (nSPS) is 16.8. The van der Waals surface area contributed by atoms with Crippen LogP contribution in [0.1, 0.15) is 41.3 Å². The van der Waals surface area contributed by atoms with E-state index < -0.39 is 40.3 Å². The third-order valence-electron chi connectivity index (χ3n) is 5.67. The van der Waals surface area contributed by atoms with Crippen molar-refractivity contribution in [2.24, 2.45) is 0 Å². The number of sulfonamides is 1. The van der Waals surface area contributed by atoms with E-state index >= 15 is 0 Å². The molecule has 35 heavy (non-hydrogen) atoms. The van der Waals surface area contributed by atoms with Gasteiger partial charge in [-0.05, 0) is 47.5 Å². The maximum Gasteiger partial charge on any atom is 0.314 e. The van der Waals surface area contributed by atoms with Crippen LogP contribution in [0, 0.1) is 5.82 Å². The van der Waals surface area contributed by atoms with Gasteiger partial charge in [0, 0.05) is 18.3 Å². The molecule has 1 aliphatic rings. The van der Waals surface area contributed by atoms with E-state index in [1.165, 1.54) is 48.7 Å². The quantitative estimate of drug-likeness (QED) is 0.421. The average Bonchev–Trinajstić information content (AvgIpc) is 3.44. The molecule has 8 nitrogen and oxygen atoms in total. The summed E-state index contributed by atoms with van der Waals surface area (Å²) in [5.41, 5.74) is 1.18. The molecule has 0 amide bonds. The molecular weight excluding hydrogens is 485 g/mol. The second kappa shape index (κ2) is 8.87. The Morgan fingerprint density at radius 3 is 2.46 bits per heavy atom. The Balaban J connectivity index is 1.56. The topological polar surface area (TPSA) is 109 Å². The summed E-state index contributed by atoms with van der Waals surface area (Å²) in [7, 11) is -4.17. The molecule has 0 aliphatic carbocycles. The molecular formula is C23H17F3N4O4S. The van der Waals surface area contributed by atoms with Crippen LogP contribution in [0.5, 0.6) is 0 Å². The van der Waals surface area contributed by atoms with Gasteiger partial charge in [-0.15, -0.1) is 10.2 Å². The van der Waals surface area contributed by atoms with Crippen LogP contribution in [0.2, 0.25) is 0 Å². The Morgan fingerprint density at radius 1 is 1.03 bits per heavy atom. The van der Waals surface area contributed by atoms with Crippen LogP contribution in [-0.4, -0.2) is 33.0 Å². The number of alkyl halides is 2. The van der Waals surface area contributed by atoms with Crippen molar-refractivity contribution in [1.82, 2.24) is 19.5 Å². The number of hydrogen-bond donors (Lipinski definition) is 1. The number of aliphatic hydroxyl groups excluding tert-OH is 1. The molecule has 0 radical (unpaired) electrons. The fraction of sp³-hybridized carbons (Fsp3) is 0.174. The molecule has 2 unspecified atom stereocenters. The maximum absolute atomic E-state index is 13.6. The van der Waals surface area contributed by atoms with Gasteiger partial charge < -0.3 is 9.52 Å². The van der Waals surface area contributed by atoms with Gasteiger partial charge in [-0.1, -0.05) is 24.3 Å². The van der Waals surface area contributed by atoms with Gasteiger partial charge in [0.25, 0.3) is 5.89 Å². The summed E-state index contributed by atoms with van der Waals surface area (Å²) in [4.78, 5) is 4.17. The molecule has 1 aliphatic heterocycles. The number of rotatable bonds is 6. The van der Waals surface area contributed by atoms with Gasteiger partial charge in [0.05, 0.1) is 16.6 Å². The summed E-state index contributed by atoms with van der Waals surface area (Å²) in [5, 5.41) is 18.1. The van der Waals surface area contributed by atoms with E-state index in [2.05, 4.69) is 15.2 Å². The number of hydrogen-bond acceptors (Lipinski definition) is 7. The van der Waals surface area contributed by atoms with E-state index in [4.69, 9.17) is 4.42 Å². The van der Waals surface area contributed by atoms with E-state index in [-0.39, 0.29) is 22.9 Å². The molecule has 5 rings (SSSR count). The molecule has 4 aromatic rings. The van der Waals surface area contributed by atoms with Gasteiger partial charge in [-0.2, -0.15) is 13.1 Å². The van der Waals surface area contributed by atoms with Gasteiger partial charge in [0.2, 0.25) is 15.9 Å². The fourth-order valence-corrected chi connectivity index (χ4v) is 5.81. The van der Waals surface area contributed by atoms with Crippen molar-refractivity contribution in [2.45, 2.75) is 30.0 Å². The van der Waals surface area contributed by atoms with Crippen molar-refractivity contribution in [3.05, 3.63) is 95.4 Å². The molecule has 2 aromatic carbocycles. The summed E-state index contributed by atoms with van der Waals surface area (Å²) in [6.45, 7) is -0.0798. The lowest BCUT2D eigenvalue weighted by atomic mass is 9.98. The van der Waals surface area contributed by atoms with Crippen LogP contribution in [-0.2, 0) is 16.6 Å². The van der Waals surface area contributed by atoms with Gasteiger partial charge in [-0.3, -0.25) is 4.98 Å². The number of fused-ring (bicyclic) bond motifs is 1. The minimum Gasteiger partial charge on any atom is -0.415 e. The van der Waals surface area contributed by atoms with Gasteiger partial charge in [0.15, 0.2) is 0 Å². The first-order valence-corrected chi connectivity index (χ1v) is 11.8. The van der Waals surface area contributed by atoms with E-state index in [1.54, 1.807) is 18.2 Å². The monoisotopic (exact) mass is 502 g/mol. The van der Waals surface area contributed by atoms with Crippen LogP contribution in [0.25, 0.3) is 11.5 Å². The Kier molecular flexibility index (Phi) is 5.87. The van der Waals surface area contributed by atoms with Gasteiger partial charge in [0.1, 0.15) is 11.9 Å². The highest BCUT2D eigenvalue weighted by molar-refractivity contribution is 7.89. The third kappa shape index (κ3) is 4.20. The van der Waals surface area contributed by atoms with Crippen molar-refractivity contribution in [2.75, 3.05) is 0 Å². The number of benzene rings is 2. The molecule has 180 valence electrons. The summed E-state index contributed by atoms with van der Waals surface area (Å²) in [5.74, 6) is -1.62. The largest absolute Gasteiger partial charge is 0.415 e. The van der Waals surface area contributed by atoms with E-state index in [0.717, 1.165) is 4.31 Å². The maximum atomic E-state index is 13.6. The summed E-state index contributed by atoms with van der Waals surface area (Å²) in [6.07, 6.45) is -2.85. The Bertz CT molecular complexity index is 1460. The lowest BCUT2D eigenvalue weighted by Crippen LogP contribution is -2.34. The molecule has 0 fully saturated rings. The molecule has 2 atom stereocenters. The van der Waals surface area contributed by atoms with E-state index in [0.29, 0.717) is 16.8 Å². The molecule has 0 spiro atoms. The number of pyridine rings is 1. The van der Waals surface area contributed by atoms with Crippen molar-refractivity contribution in [3.8, 4) is 11.5 Å². The Hall–Kier alpha value is -3.61. The van der Waals surface area contributed by atoms with E-state index in [1.807, 2.05) is 0 Å². The van der Waals surface area contributed by atoms with Crippen LogP contribution in [0.3, 0.4) is 0 Å². The van der Waals surface area contributed by atoms with Crippen molar-refractivity contribution in [1.29, 1.82) is 0 Å². The zero-order valence-corrected chi connectivity index (χ0v) is 18.6. The van der Waals surface area contributed by atoms with Crippen LogP contribution in [0.4, 0.5) is 13.2 Å². The zero-order valence-electron chi connectivity index (χ0n) is 17.8. The molecule has 3 heterocycles. The first kappa shape index (κ1) is 23.1. The van der Waals surface area contributed by atoms with Crippen molar-refractivity contribution >= 4 is 10.0 Å². The standard InChI is InChI=1S/C23H17F3N4O4S/c24-16-8-6-13(7-9-16)20(31)19(17-3-1-2-10-27-17)30-12-15-5-4-14(11-18(15)35(30,32)33)22-28-29-23(34-22)21(25)26/h1-11,19-21,31H,12H2. The van der Waals surface area contributed by atoms with Crippen molar-refractivity contribution < 1.29 is 31.1 Å². The molecule has 0 bridgehead atoms. The molecule has 0 saturated carbocycles. The van der Waals surface area contributed by atoms with Crippen LogP contribution < -0.4 is 0 Å². The van der Waals surface area contributed by atoms with Gasteiger partial charge in [-0.25, -0.2) is 12.8 Å². The third-order valence-corrected chi connectivity index (χ3v) is 7.58. The fourth-order valence-electron chi connectivity index (χ4n) is 3.98. The predicted molar refractivity (Wildman–Crippen MR) is 116 cm³/mol.